The van der Waals surface area contributed by atoms with Crippen LogP contribution in [0, 0.1) is 0 Å². The van der Waals surface area contributed by atoms with Gasteiger partial charge in [0.25, 0.3) is 0 Å². The van der Waals surface area contributed by atoms with Crippen molar-refractivity contribution in [1.29, 1.82) is 0 Å². The Morgan fingerprint density at radius 3 is 2.65 bits per heavy atom. The van der Waals surface area contributed by atoms with Crippen molar-refractivity contribution in [3.63, 3.8) is 0 Å². The number of nitrogens with one attached hydrogen (secondary N) is 1. The molecule has 1 aromatic heterocycles. The third-order valence-corrected chi connectivity index (χ3v) is 2.85. The number of alkyl halides is 3. The Kier molecular flexibility index (Phi) is 3.55. The van der Waals surface area contributed by atoms with Crippen LogP contribution in [-0.2, 0) is 15.8 Å². The standard InChI is InChI=1S/C10H8ClF3N4O2/c1-4-8(20)17-7(19)3-18(4)6-2-5(11)15-9(16-6)10(12,13)14/h2,4H,3H2,1H3,(H,17,19,20). The van der Waals surface area contributed by atoms with E-state index in [0.29, 0.717) is 0 Å². The maximum atomic E-state index is 12.6. The topological polar surface area (TPSA) is 75.2 Å². The summed E-state index contributed by atoms with van der Waals surface area (Å²) in [4.78, 5) is 30.3. The highest BCUT2D eigenvalue weighted by molar-refractivity contribution is 6.29. The molecule has 2 rings (SSSR count). The summed E-state index contributed by atoms with van der Waals surface area (Å²) in [5.41, 5.74) is 0. The first-order chi connectivity index (χ1) is 9.18. The zero-order valence-corrected chi connectivity index (χ0v) is 10.8. The SMILES string of the molecule is CC1C(=O)NC(=O)CN1c1cc(Cl)nc(C(F)(F)F)n1. The lowest BCUT2D eigenvalue weighted by Crippen LogP contribution is -2.57. The summed E-state index contributed by atoms with van der Waals surface area (Å²) < 4.78 is 37.9. The Labute approximate surface area is 115 Å². The van der Waals surface area contributed by atoms with Crippen molar-refractivity contribution < 1.29 is 22.8 Å². The highest BCUT2D eigenvalue weighted by Crippen LogP contribution is 2.29. The average molecular weight is 309 g/mol. The van der Waals surface area contributed by atoms with Crippen LogP contribution in [0.5, 0.6) is 0 Å². The Morgan fingerprint density at radius 2 is 2.05 bits per heavy atom. The van der Waals surface area contributed by atoms with E-state index in [1.54, 1.807) is 0 Å². The molecule has 1 aliphatic rings. The highest BCUT2D eigenvalue weighted by Gasteiger charge is 2.37. The number of carbonyl (C=O) groups is 2. The molecule has 1 unspecified atom stereocenters. The van der Waals surface area contributed by atoms with Gasteiger partial charge in [-0.05, 0) is 6.92 Å². The number of hydrogen-bond donors (Lipinski definition) is 1. The predicted octanol–water partition coefficient (Wildman–Crippen LogP) is 1.00. The van der Waals surface area contributed by atoms with Crippen LogP contribution in [0.15, 0.2) is 6.07 Å². The van der Waals surface area contributed by atoms with Gasteiger partial charge in [-0.25, -0.2) is 9.97 Å². The Bertz CT molecular complexity index is 578. The molecule has 0 aromatic carbocycles. The minimum atomic E-state index is -4.77. The lowest BCUT2D eigenvalue weighted by molar-refractivity contribution is -0.144. The summed E-state index contributed by atoms with van der Waals surface area (Å²) in [6.45, 7) is 1.14. The van der Waals surface area contributed by atoms with Gasteiger partial charge in [0.2, 0.25) is 17.6 Å². The summed E-state index contributed by atoms with van der Waals surface area (Å²) in [5, 5.41) is 1.65. The van der Waals surface area contributed by atoms with E-state index in [4.69, 9.17) is 11.6 Å². The van der Waals surface area contributed by atoms with Crippen LogP contribution in [0.2, 0.25) is 5.15 Å². The molecule has 1 aliphatic heterocycles. The number of amides is 2. The van der Waals surface area contributed by atoms with Gasteiger partial charge in [-0.3, -0.25) is 14.9 Å². The van der Waals surface area contributed by atoms with Crippen LogP contribution in [0.1, 0.15) is 12.7 Å². The molecule has 10 heteroatoms. The first-order valence-corrected chi connectivity index (χ1v) is 5.78. The van der Waals surface area contributed by atoms with E-state index < -0.39 is 35.0 Å². The number of imide groups is 1. The lowest BCUT2D eigenvalue weighted by atomic mass is 10.2. The molecule has 0 bridgehead atoms. The van der Waals surface area contributed by atoms with Crippen molar-refractivity contribution in [3.05, 3.63) is 17.0 Å². The maximum absolute atomic E-state index is 12.6. The van der Waals surface area contributed by atoms with Crippen LogP contribution >= 0.6 is 11.6 Å². The van der Waals surface area contributed by atoms with Gasteiger partial charge in [0.1, 0.15) is 17.0 Å². The van der Waals surface area contributed by atoms with Gasteiger partial charge < -0.3 is 4.90 Å². The molecular weight excluding hydrogens is 301 g/mol. The minimum Gasteiger partial charge on any atom is -0.335 e. The monoisotopic (exact) mass is 308 g/mol. The molecule has 1 aromatic rings. The lowest BCUT2D eigenvalue weighted by Gasteiger charge is -2.32. The van der Waals surface area contributed by atoms with E-state index in [1.807, 2.05) is 0 Å². The molecule has 108 valence electrons. The van der Waals surface area contributed by atoms with E-state index >= 15 is 0 Å². The molecule has 20 heavy (non-hydrogen) atoms. The molecule has 6 nitrogen and oxygen atoms in total. The third kappa shape index (κ3) is 2.82. The molecule has 1 saturated heterocycles. The number of hydrogen-bond acceptors (Lipinski definition) is 5. The van der Waals surface area contributed by atoms with Gasteiger partial charge in [-0.2, -0.15) is 13.2 Å². The Morgan fingerprint density at radius 1 is 1.40 bits per heavy atom. The highest BCUT2D eigenvalue weighted by atomic mass is 35.5. The Hall–Kier alpha value is -1.90. The fraction of sp³-hybridized carbons (Fsp3) is 0.400. The van der Waals surface area contributed by atoms with Gasteiger partial charge in [-0.1, -0.05) is 11.6 Å². The summed E-state index contributed by atoms with van der Waals surface area (Å²) in [6.07, 6.45) is -4.77. The van der Waals surface area contributed by atoms with Crippen LogP contribution in [0.3, 0.4) is 0 Å². The predicted molar refractivity (Wildman–Crippen MR) is 62.0 cm³/mol. The molecule has 1 N–H and O–H groups in total. The third-order valence-electron chi connectivity index (χ3n) is 2.65. The first-order valence-electron chi connectivity index (χ1n) is 5.40. The van der Waals surface area contributed by atoms with Crippen LogP contribution in [-0.4, -0.2) is 34.4 Å². The van der Waals surface area contributed by atoms with Crippen LogP contribution in [0.25, 0.3) is 0 Å². The molecule has 0 radical (unpaired) electrons. The molecule has 0 spiro atoms. The number of piperazine rings is 1. The summed E-state index contributed by atoms with van der Waals surface area (Å²) in [7, 11) is 0. The number of anilines is 1. The van der Waals surface area contributed by atoms with Crippen LogP contribution in [0.4, 0.5) is 19.0 Å². The Balaban J connectivity index is 2.44. The van der Waals surface area contributed by atoms with Gasteiger partial charge in [0.05, 0.1) is 6.54 Å². The van der Waals surface area contributed by atoms with Crippen molar-refractivity contribution in [2.75, 3.05) is 11.4 Å². The zero-order valence-electron chi connectivity index (χ0n) is 10.0. The number of aromatic nitrogens is 2. The van der Waals surface area contributed by atoms with Gasteiger partial charge in [0, 0.05) is 6.07 Å². The summed E-state index contributed by atoms with van der Waals surface area (Å²) in [5.74, 6) is -2.90. The first kappa shape index (κ1) is 14.5. The molecule has 0 aliphatic carbocycles. The van der Waals surface area contributed by atoms with E-state index in [-0.39, 0.29) is 12.4 Å². The van der Waals surface area contributed by atoms with E-state index in [0.717, 1.165) is 11.0 Å². The van der Waals surface area contributed by atoms with E-state index in [2.05, 4.69) is 15.3 Å². The second-order valence-electron chi connectivity index (χ2n) is 4.09. The summed E-state index contributed by atoms with van der Waals surface area (Å²) >= 11 is 5.53. The maximum Gasteiger partial charge on any atom is 0.451 e. The molecule has 1 fully saturated rings. The smallest absolute Gasteiger partial charge is 0.335 e. The second kappa shape index (κ2) is 4.89. The average Bonchev–Trinajstić information content (AvgIpc) is 2.32. The fourth-order valence-electron chi connectivity index (χ4n) is 1.67. The van der Waals surface area contributed by atoms with E-state index in [1.165, 1.54) is 6.92 Å². The quantitative estimate of drug-likeness (QED) is 0.619. The molecular formula is C10H8ClF3N4O2. The second-order valence-corrected chi connectivity index (χ2v) is 4.47. The minimum absolute atomic E-state index is 0.229. The fourth-order valence-corrected chi connectivity index (χ4v) is 1.85. The molecule has 2 amide bonds. The largest absolute Gasteiger partial charge is 0.451 e. The van der Waals surface area contributed by atoms with E-state index in [9.17, 15) is 22.8 Å². The van der Waals surface area contributed by atoms with Gasteiger partial charge in [-0.15, -0.1) is 0 Å². The van der Waals surface area contributed by atoms with Gasteiger partial charge in [0.15, 0.2) is 0 Å². The molecule has 0 saturated carbocycles. The normalized spacial score (nSPS) is 20.1. The molecule has 1 atom stereocenters. The number of carbonyl (C=O) groups excluding carboxylic acids is 2. The van der Waals surface area contributed by atoms with Crippen molar-refractivity contribution in [1.82, 2.24) is 15.3 Å². The number of nitrogens with zero attached hydrogens (tertiary/aromatic N) is 3. The summed E-state index contributed by atoms with van der Waals surface area (Å²) in [6, 6.07) is 0.221. The van der Waals surface area contributed by atoms with Crippen molar-refractivity contribution in [2.24, 2.45) is 0 Å². The van der Waals surface area contributed by atoms with Crippen LogP contribution < -0.4 is 10.2 Å². The number of rotatable bonds is 1. The van der Waals surface area contributed by atoms with Crippen molar-refractivity contribution in [3.8, 4) is 0 Å². The van der Waals surface area contributed by atoms with Crippen molar-refractivity contribution >= 4 is 29.2 Å². The number of halogens is 4. The zero-order chi connectivity index (χ0) is 15.1. The molecule has 2 heterocycles. The van der Waals surface area contributed by atoms with Gasteiger partial charge >= 0.3 is 6.18 Å². The van der Waals surface area contributed by atoms with Crippen molar-refractivity contribution in [2.45, 2.75) is 19.1 Å².